The fourth-order valence-electron chi connectivity index (χ4n) is 1.96. The molecule has 0 aliphatic rings. The average molecular weight is 310 g/mol. The summed E-state index contributed by atoms with van der Waals surface area (Å²) >= 11 is 5.87. The molecule has 0 spiro atoms. The van der Waals surface area contributed by atoms with Gasteiger partial charge in [-0.15, -0.1) is 0 Å². The lowest BCUT2D eigenvalue weighted by Crippen LogP contribution is -2.30. The van der Waals surface area contributed by atoms with Crippen molar-refractivity contribution in [3.05, 3.63) is 58.9 Å². The predicted molar refractivity (Wildman–Crippen MR) is 81.6 cm³/mol. The number of methoxy groups -OCH3 is 1. The van der Waals surface area contributed by atoms with Gasteiger partial charge in [-0.05, 0) is 42.3 Å². The van der Waals surface area contributed by atoms with Gasteiger partial charge in [0.2, 0.25) is 0 Å². The molecule has 0 radical (unpaired) electrons. The van der Waals surface area contributed by atoms with Gasteiger partial charge in [0.05, 0.1) is 7.11 Å². The van der Waals surface area contributed by atoms with Crippen LogP contribution >= 0.6 is 11.6 Å². The zero-order valence-corrected chi connectivity index (χ0v) is 12.4. The smallest absolute Gasteiger partial charge is 0.165 e. The molecule has 0 aliphatic heterocycles. The van der Waals surface area contributed by atoms with E-state index in [2.05, 4.69) is 0 Å². The first-order valence-electron chi connectivity index (χ1n) is 6.55. The molecule has 0 saturated heterocycles. The Labute approximate surface area is 128 Å². The highest BCUT2D eigenvalue weighted by Crippen LogP contribution is 2.19. The van der Waals surface area contributed by atoms with Crippen LogP contribution < -0.4 is 15.2 Å². The molecule has 0 heterocycles. The van der Waals surface area contributed by atoms with E-state index < -0.39 is 5.82 Å². The molecule has 2 aromatic carbocycles. The molecule has 0 fully saturated rings. The summed E-state index contributed by atoms with van der Waals surface area (Å²) in [5, 5.41) is 0.610. The highest BCUT2D eigenvalue weighted by atomic mass is 35.5. The maximum atomic E-state index is 13.6. The monoisotopic (exact) mass is 309 g/mol. The summed E-state index contributed by atoms with van der Waals surface area (Å²) in [4.78, 5) is 0. The molecule has 2 N–H and O–H groups in total. The molecular weight excluding hydrogens is 293 g/mol. The molecule has 0 saturated carbocycles. The Morgan fingerprint density at radius 3 is 2.71 bits per heavy atom. The number of rotatable bonds is 6. The van der Waals surface area contributed by atoms with Gasteiger partial charge >= 0.3 is 0 Å². The van der Waals surface area contributed by atoms with Crippen molar-refractivity contribution in [2.24, 2.45) is 5.73 Å². The van der Waals surface area contributed by atoms with Gasteiger partial charge in [0, 0.05) is 11.1 Å². The molecule has 21 heavy (non-hydrogen) atoms. The minimum Gasteiger partial charge on any atom is -0.494 e. The van der Waals surface area contributed by atoms with Crippen molar-refractivity contribution in [2.75, 3.05) is 13.7 Å². The third kappa shape index (κ3) is 4.62. The van der Waals surface area contributed by atoms with E-state index in [4.69, 9.17) is 26.8 Å². The standard InChI is InChI=1S/C16H17ClFNO2/c1-20-16-6-5-11(8-15(16)18)7-13(19)10-21-14-4-2-3-12(17)9-14/h2-6,8-9,13H,7,10,19H2,1H3. The number of halogens is 2. The molecule has 1 unspecified atom stereocenters. The van der Waals surface area contributed by atoms with E-state index in [1.807, 2.05) is 12.1 Å². The van der Waals surface area contributed by atoms with Crippen molar-refractivity contribution < 1.29 is 13.9 Å². The van der Waals surface area contributed by atoms with Crippen LogP contribution in [0.15, 0.2) is 42.5 Å². The lowest BCUT2D eigenvalue weighted by molar-refractivity contribution is 0.287. The van der Waals surface area contributed by atoms with E-state index >= 15 is 0 Å². The summed E-state index contributed by atoms with van der Waals surface area (Å²) in [7, 11) is 1.43. The summed E-state index contributed by atoms with van der Waals surface area (Å²) in [5.74, 6) is 0.499. The molecule has 3 nitrogen and oxygen atoms in total. The van der Waals surface area contributed by atoms with E-state index in [1.165, 1.54) is 13.2 Å². The highest BCUT2D eigenvalue weighted by Gasteiger charge is 2.09. The highest BCUT2D eigenvalue weighted by molar-refractivity contribution is 6.30. The number of hydrogen-bond acceptors (Lipinski definition) is 3. The van der Waals surface area contributed by atoms with Crippen LogP contribution in [0.1, 0.15) is 5.56 Å². The van der Waals surface area contributed by atoms with Crippen LogP contribution in [0, 0.1) is 5.82 Å². The Morgan fingerprint density at radius 2 is 2.05 bits per heavy atom. The van der Waals surface area contributed by atoms with E-state index in [-0.39, 0.29) is 11.8 Å². The van der Waals surface area contributed by atoms with Crippen molar-refractivity contribution in [2.45, 2.75) is 12.5 Å². The predicted octanol–water partition coefficient (Wildman–Crippen LogP) is 3.44. The second-order valence-electron chi connectivity index (χ2n) is 4.70. The van der Waals surface area contributed by atoms with Crippen LogP contribution in [0.3, 0.4) is 0 Å². The second kappa shape index (κ2) is 7.29. The van der Waals surface area contributed by atoms with E-state index in [9.17, 15) is 4.39 Å². The van der Waals surface area contributed by atoms with E-state index in [0.717, 1.165) is 5.56 Å². The van der Waals surface area contributed by atoms with Crippen molar-refractivity contribution in [1.29, 1.82) is 0 Å². The molecule has 0 aromatic heterocycles. The second-order valence-corrected chi connectivity index (χ2v) is 5.14. The molecule has 2 rings (SSSR count). The molecular formula is C16H17ClFNO2. The summed E-state index contributed by atoms with van der Waals surface area (Å²) in [6.07, 6.45) is 0.515. The zero-order chi connectivity index (χ0) is 15.2. The quantitative estimate of drug-likeness (QED) is 0.889. The average Bonchev–Trinajstić information content (AvgIpc) is 2.45. The van der Waals surface area contributed by atoms with E-state index in [0.29, 0.717) is 23.8 Å². The number of ether oxygens (including phenoxy) is 2. The van der Waals surface area contributed by atoms with Crippen molar-refractivity contribution >= 4 is 11.6 Å². The minimum absolute atomic E-state index is 0.225. The molecule has 112 valence electrons. The van der Waals surface area contributed by atoms with Crippen LogP contribution in [0.5, 0.6) is 11.5 Å². The van der Waals surface area contributed by atoms with Crippen LogP contribution in [0.25, 0.3) is 0 Å². The Kier molecular flexibility index (Phi) is 5.42. The Morgan fingerprint density at radius 1 is 1.24 bits per heavy atom. The van der Waals surface area contributed by atoms with E-state index in [1.54, 1.807) is 24.3 Å². The summed E-state index contributed by atoms with van der Waals surface area (Å²) in [5.41, 5.74) is 6.80. The lowest BCUT2D eigenvalue weighted by Gasteiger charge is -2.14. The third-order valence-electron chi connectivity index (χ3n) is 2.97. The normalized spacial score (nSPS) is 12.0. The molecule has 1 atom stereocenters. The number of nitrogens with two attached hydrogens (primary N) is 1. The minimum atomic E-state index is -0.391. The molecule has 0 aliphatic carbocycles. The Bertz CT molecular complexity index is 607. The van der Waals surface area contributed by atoms with Crippen molar-refractivity contribution in [1.82, 2.24) is 0 Å². The van der Waals surface area contributed by atoms with Gasteiger partial charge in [-0.2, -0.15) is 0 Å². The first-order valence-corrected chi connectivity index (χ1v) is 6.92. The number of hydrogen-bond donors (Lipinski definition) is 1. The fourth-order valence-corrected chi connectivity index (χ4v) is 2.14. The SMILES string of the molecule is COc1ccc(CC(N)COc2cccc(Cl)c2)cc1F. The molecule has 5 heteroatoms. The first-order chi connectivity index (χ1) is 10.1. The maximum absolute atomic E-state index is 13.6. The fraction of sp³-hybridized carbons (Fsp3) is 0.250. The largest absolute Gasteiger partial charge is 0.494 e. The van der Waals surface area contributed by atoms with Crippen LogP contribution in [0.2, 0.25) is 5.02 Å². The third-order valence-corrected chi connectivity index (χ3v) is 3.21. The summed E-state index contributed by atoms with van der Waals surface area (Å²) < 4.78 is 24.0. The van der Waals surface area contributed by atoms with Gasteiger partial charge in [0.1, 0.15) is 12.4 Å². The van der Waals surface area contributed by atoms with Gasteiger partial charge in [0.15, 0.2) is 11.6 Å². The Hall–Kier alpha value is -1.78. The summed E-state index contributed by atoms with van der Waals surface area (Å²) in [6.45, 7) is 0.327. The Balaban J connectivity index is 1.89. The summed E-state index contributed by atoms with van der Waals surface area (Å²) in [6, 6.07) is 11.7. The zero-order valence-electron chi connectivity index (χ0n) is 11.7. The van der Waals surface area contributed by atoms with Crippen LogP contribution in [-0.2, 0) is 6.42 Å². The molecule has 2 aromatic rings. The van der Waals surface area contributed by atoms with Crippen molar-refractivity contribution in [3.63, 3.8) is 0 Å². The molecule has 0 amide bonds. The lowest BCUT2D eigenvalue weighted by atomic mass is 10.1. The van der Waals surface area contributed by atoms with Gasteiger partial charge in [-0.25, -0.2) is 4.39 Å². The number of benzene rings is 2. The topological polar surface area (TPSA) is 44.5 Å². The van der Waals surface area contributed by atoms with Gasteiger partial charge in [-0.3, -0.25) is 0 Å². The van der Waals surface area contributed by atoms with Gasteiger partial charge < -0.3 is 15.2 Å². The van der Waals surface area contributed by atoms with Gasteiger partial charge in [0.25, 0.3) is 0 Å². The first kappa shape index (κ1) is 15.6. The van der Waals surface area contributed by atoms with Crippen LogP contribution in [-0.4, -0.2) is 19.8 Å². The van der Waals surface area contributed by atoms with Crippen LogP contribution in [0.4, 0.5) is 4.39 Å². The van der Waals surface area contributed by atoms with Gasteiger partial charge in [-0.1, -0.05) is 23.7 Å². The van der Waals surface area contributed by atoms with Crippen molar-refractivity contribution in [3.8, 4) is 11.5 Å². The maximum Gasteiger partial charge on any atom is 0.165 e. The molecule has 0 bridgehead atoms.